The Labute approximate surface area is 118 Å². The second-order valence-corrected chi connectivity index (χ2v) is 5.15. The summed E-state index contributed by atoms with van der Waals surface area (Å²) in [5.41, 5.74) is 0. The van der Waals surface area contributed by atoms with Gasteiger partial charge in [0.25, 0.3) is 0 Å². The van der Waals surface area contributed by atoms with Crippen LogP contribution in [0.5, 0.6) is 0 Å². The molecule has 0 bridgehead atoms. The third-order valence-corrected chi connectivity index (χ3v) is 3.69. The van der Waals surface area contributed by atoms with Gasteiger partial charge in [0.05, 0.1) is 12.6 Å². The third-order valence-electron chi connectivity index (χ3n) is 3.69. The van der Waals surface area contributed by atoms with E-state index in [9.17, 15) is 4.79 Å². The van der Waals surface area contributed by atoms with Gasteiger partial charge < -0.3 is 10.6 Å². The molecule has 2 aliphatic heterocycles. The number of amides is 1. The summed E-state index contributed by atoms with van der Waals surface area (Å²) in [7, 11) is 0. The number of aromatic nitrogens is 3. The molecule has 2 atom stereocenters. The van der Waals surface area contributed by atoms with E-state index in [0.29, 0.717) is 0 Å². The molecule has 0 spiro atoms. The van der Waals surface area contributed by atoms with Crippen LogP contribution in [0.3, 0.4) is 0 Å². The number of hydrogen-bond donors (Lipinski definition) is 2. The van der Waals surface area contributed by atoms with Crippen LogP contribution in [-0.2, 0) is 17.8 Å². The predicted molar refractivity (Wildman–Crippen MR) is 73.3 cm³/mol. The number of fused-ring (bicyclic) bond motifs is 1. The van der Waals surface area contributed by atoms with E-state index in [4.69, 9.17) is 0 Å². The maximum atomic E-state index is 12.0. The molecule has 19 heavy (non-hydrogen) atoms. The minimum Gasteiger partial charge on any atom is -0.350 e. The van der Waals surface area contributed by atoms with Gasteiger partial charge in [-0.25, -0.2) is 9.67 Å². The Hall–Kier alpha value is -1.14. The molecule has 1 amide bonds. The fourth-order valence-electron chi connectivity index (χ4n) is 2.76. The Kier molecular flexibility index (Phi) is 4.42. The molecule has 1 aromatic heterocycles. The molecule has 0 radical (unpaired) electrons. The zero-order chi connectivity index (χ0) is 12.5. The number of rotatable bonds is 2. The lowest BCUT2D eigenvalue weighted by atomic mass is 10.1. The Bertz CT molecular complexity index is 455. The lowest BCUT2D eigenvalue weighted by Crippen LogP contribution is -2.48. The molecule has 6 nitrogen and oxygen atoms in total. The lowest BCUT2D eigenvalue weighted by Gasteiger charge is -2.24. The molecule has 0 saturated carbocycles. The van der Waals surface area contributed by atoms with E-state index in [0.717, 1.165) is 50.4 Å². The van der Waals surface area contributed by atoms with E-state index < -0.39 is 0 Å². The second-order valence-electron chi connectivity index (χ2n) is 5.15. The fourth-order valence-corrected chi connectivity index (χ4v) is 2.76. The van der Waals surface area contributed by atoms with Crippen molar-refractivity contribution in [2.75, 3.05) is 6.54 Å². The summed E-state index contributed by atoms with van der Waals surface area (Å²) in [4.78, 5) is 16.4. The zero-order valence-electron chi connectivity index (χ0n) is 11.1. The molecule has 0 aromatic carbocycles. The van der Waals surface area contributed by atoms with Gasteiger partial charge in [-0.1, -0.05) is 0 Å². The number of nitrogens with one attached hydrogen (secondary N) is 2. The average Bonchev–Trinajstić information content (AvgIpc) is 2.95. The molecule has 3 rings (SSSR count). The first-order valence-corrected chi connectivity index (χ1v) is 6.66. The van der Waals surface area contributed by atoms with E-state index in [1.54, 1.807) is 0 Å². The molecular weight excluding hydrogens is 266 g/mol. The molecule has 2 aliphatic rings. The van der Waals surface area contributed by atoms with Gasteiger partial charge in [0.1, 0.15) is 11.6 Å². The molecule has 7 heteroatoms. The lowest BCUT2D eigenvalue weighted by molar-refractivity contribution is -0.123. The van der Waals surface area contributed by atoms with Gasteiger partial charge in [-0.2, -0.15) is 5.10 Å². The van der Waals surface area contributed by atoms with Crippen molar-refractivity contribution >= 4 is 18.3 Å². The van der Waals surface area contributed by atoms with Crippen molar-refractivity contribution < 1.29 is 4.79 Å². The monoisotopic (exact) mass is 285 g/mol. The Morgan fingerprint density at radius 1 is 1.47 bits per heavy atom. The zero-order valence-corrected chi connectivity index (χ0v) is 11.9. The quantitative estimate of drug-likeness (QED) is 0.814. The highest BCUT2D eigenvalue weighted by atomic mass is 35.5. The number of carbonyl (C=O) groups excluding carboxylic acids is 1. The van der Waals surface area contributed by atoms with Crippen LogP contribution in [0, 0.1) is 6.92 Å². The molecule has 106 valence electrons. The Balaban J connectivity index is 0.00000133. The predicted octanol–water partition coefficient (Wildman–Crippen LogP) is 0.191. The maximum Gasteiger partial charge on any atom is 0.237 e. The van der Waals surface area contributed by atoms with Crippen molar-refractivity contribution in [2.24, 2.45) is 0 Å². The topological polar surface area (TPSA) is 71.8 Å². The molecule has 2 N–H and O–H groups in total. The van der Waals surface area contributed by atoms with E-state index in [1.165, 1.54) is 0 Å². The molecular formula is C12H20ClN5O. The highest BCUT2D eigenvalue weighted by Crippen LogP contribution is 2.13. The van der Waals surface area contributed by atoms with Crippen molar-refractivity contribution in [2.45, 2.75) is 51.2 Å². The summed E-state index contributed by atoms with van der Waals surface area (Å²) in [6.07, 6.45) is 3.89. The van der Waals surface area contributed by atoms with Crippen LogP contribution < -0.4 is 10.6 Å². The maximum absolute atomic E-state index is 12.0. The van der Waals surface area contributed by atoms with Crippen molar-refractivity contribution in [3.05, 3.63) is 11.6 Å². The SMILES string of the molecule is Cc1nc2n(n1)CC(NC(=O)C1CCCN1)CC2.Cl. The van der Waals surface area contributed by atoms with E-state index >= 15 is 0 Å². The second kappa shape index (κ2) is 5.88. The average molecular weight is 286 g/mol. The van der Waals surface area contributed by atoms with Gasteiger partial charge in [-0.15, -0.1) is 12.4 Å². The number of halogens is 1. The van der Waals surface area contributed by atoms with Gasteiger partial charge in [0.2, 0.25) is 5.91 Å². The van der Waals surface area contributed by atoms with Gasteiger partial charge in [0, 0.05) is 12.5 Å². The minimum atomic E-state index is 0. The van der Waals surface area contributed by atoms with E-state index in [1.807, 2.05) is 11.6 Å². The van der Waals surface area contributed by atoms with Crippen molar-refractivity contribution in [1.82, 2.24) is 25.4 Å². The minimum absolute atomic E-state index is 0. The molecule has 1 fully saturated rings. The number of hydrogen-bond acceptors (Lipinski definition) is 4. The number of carbonyl (C=O) groups is 1. The van der Waals surface area contributed by atoms with Gasteiger partial charge in [-0.05, 0) is 32.7 Å². The summed E-state index contributed by atoms with van der Waals surface area (Å²) in [6.45, 7) is 3.60. The first-order valence-electron chi connectivity index (χ1n) is 6.66. The molecule has 0 aliphatic carbocycles. The van der Waals surface area contributed by atoms with Gasteiger partial charge in [0.15, 0.2) is 0 Å². The van der Waals surface area contributed by atoms with E-state index in [2.05, 4.69) is 20.7 Å². The van der Waals surface area contributed by atoms with Gasteiger partial charge >= 0.3 is 0 Å². The fraction of sp³-hybridized carbons (Fsp3) is 0.750. The summed E-state index contributed by atoms with van der Waals surface area (Å²) in [5, 5.41) is 10.7. The van der Waals surface area contributed by atoms with Crippen molar-refractivity contribution in [1.29, 1.82) is 0 Å². The van der Waals surface area contributed by atoms with Crippen LogP contribution in [0.2, 0.25) is 0 Å². The highest BCUT2D eigenvalue weighted by molar-refractivity contribution is 5.85. The molecule has 2 unspecified atom stereocenters. The third kappa shape index (κ3) is 3.06. The molecule has 1 aromatic rings. The number of nitrogens with zero attached hydrogens (tertiary/aromatic N) is 3. The van der Waals surface area contributed by atoms with Crippen LogP contribution in [-0.4, -0.2) is 39.3 Å². The molecule has 1 saturated heterocycles. The Morgan fingerprint density at radius 2 is 2.32 bits per heavy atom. The normalized spacial score (nSPS) is 25.5. The van der Waals surface area contributed by atoms with Crippen LogP contribution in [0.4, 0.5) is 0 Å². The summed E-state index contributed by atoms with van der Waals surface area (Å²) in [6, 6.07) is 0.192. The standard InChI is InChI=1S/C12H19N5O.ClH/c1-8-14-11-5-4-9(7-17(11)16-8)15-12(18)10-3-2-6-13-10;/h9-10,13H,2-7H2,1H3,(H,15,18);1H. The summed E-state index contributed by atoms with van der Waals surface area (Å²) >= 11 is 0. The van der Waals surface area contributed by atoms with Crippen LogP contribution in [0.1, 0.15) is 30.9 Å². The van der Waals surface area contributed by atoms with Crippen LogP contribution in [0.15, 0.2) is 0 Å². The summed E-state index contributed by atoms with van der Waals surface area (Å²) < 4.78 is 1.92. The van der Waals surface area contributed by atoms with Gasteiger partial charge in [-0.3, -0.25) is 4.79 Å². The highest BCUT2D eigenvalue weighted by Gasteiger charge is 2.27. The van der Waals surface area contributed by atoms with Crippen molar-refractivity contribution in [3.8, 4) is 0 Å². The first-order chi connectivity index (χ1) is 8.72. The van der Waals surface area contributed by atoms with Crippen LogP contribution >= 0.6 is 12.4 Å². The van der Waals surface area contributed by atoms with Crippen LogP contribution in [0.25, 0.3) is 0 Å². The summed E-state index contributed by atoms with van der Waals surface area (Å²) in [5.74, 6) is 1.99. The Morgan fingerprint density at radius 3 is 3.05 bits per heavy atom. The smallest absolute Gasteiger partial charge is 0.237 e. The first kappa shape index (κ1) is 14.3. The molecule has 3 heterocycles. The van der Waals surface area contributed by atoms with E-state index in [-0.39, 0.29) is 30.4 Å². The van der Waals surface area contributed by atoms with Crippen molar-refractivity contribution in [3.63, 3.8) is 0 Å². The largest absolute Gasteiger partial charge is 0.350 e. The number of aryl methyl sites for hydroxylation is 2.